The third-order valence-corrected chi connectivity index (χ3v) is 6.44. The highest BCUT2D eigenvalue weighted by molar-refractivity contribution is 6.41. The molecule has 2 aromatic carbocycles. The summed E-state index contributed by atoms with van der Waals surface area (Å²) in [5.74, 6) is -0.183. The van der Waals surface area contributed by atoms with E-state index in [0.717, 1.165) is 30.6 Å². The van der Waals surface area contributed by atoms with Crippen LogP contribution >= 0.6 is 34.8 Å². The number of fused-ring (bicyclic) bond motifs is 1. The number of hydrogen-bond donors (Lipinski definition) is 0. The zero-order valence-electron chi connectivity index (χ0n) is 19.3. The number of halogens is 3. The van der Waals surface area contributed by atoms with E-state index < -0.39 is 5.97 Å². The van der Waals surface area contributed by atoms with Gasteiger partial charge < -0.3 is 18.8 Å². The molecule has 0 aliphatic carbocycles. The third-order valence-electron chi connectivity index (χ3n) is 5.63. The first-order valence-electron chi connectivity index (χ1n) is 11.0. The molecule has 1 aromatic heterocycles. The number of carbonyl (C=O) groups excluding carboxylic acids is 1. The van der Waals surface area contributed by atoms with Crippen molar-refractivity contribution in [1.82, 2.24) is 4.90 Å². The van der Waals surface area contributed by atoms with Crippen LogP contribution in [-0.2, 0) is 11.2 Å². The average molecular weight is 527 g/mol. The summed E-state index contributed by atoms with van der Waals surface area (Å²) in [7, 11) is 0. The molecule has 0 N–H and O–H groups in total. The van der Waals surface area contributed by atoms with Gasteiger partial charge in [0.2, 0.25) is 0 Å². The summed E-state index contributed by atoms with van der Waals surface area (Å²) >= 11 is 17.9. The van der Waals surface area contributed by atoms with Crippen LogP contribution in [0.2, 0.25) is 15.1 Å². The van der Waals surface area contributed by atoms with Crippen LogP contribution in [0.3, 0.4) is 0 Å². The van der Waals surface area contributed by atoms with Gasteiger partial charge in [0.15, 0.2) is 0 Å². The summed E-state index contributed by atoms with van der Waals surface area (Å²) in [6.07, 6.45) is 0.636. The van der Waals surface area contributed by atoms with Crippen molar-refractivity contribution in [3.63, 3.8) is 0 Å². The van der Waals surface area contributed by atoms with Crippen molar-refractivity contribution in [2.75, 3.05) is 32.8 Å². The van der Waals surface area contributed by atoms with E-state index in [2.05, 4.69) is 18.7 Å². The molecule has 182 valence electrons. The monoisotopic (exact) mass is 525 g/mol. The lowest BCUT2D eigenvalue weighted by Crippen LogP contribution is -2.27. The second-order valence-corrected chi connectivity index (χ2v) is 8.91. The predicted molar refractivity (Wildman–Crippen MR) is 136 cm³/mol. The fourth-order valence-electron chi connectivity index (χ4n) is 3.67. The Morgan fingerprint density at radius 2 is 1.71 bits per heavy atom. The molecule has 0 amide bonds. The zero-order valence-corrected chi connectivity index (χ0v) is 21.5. The number of likely N-dealkylation sites (N-methyl/N-ethyl adjacent to an activating group) is 1. The van der Waals surface area contributed by atoms with Crippen LogP contribution in [-0.4, -0.2) is 43.7 Å². The number of nitrogens with zero attached hydrogens (tertiary/aromatic N) is 1. The van der Waals surface area contributed by atoms with Crippen molar-refractivity contribution in [3.8, 4) is 5.75 Å². The molecule has 0 atom stereocenters. The molecule has 0 fully saturated rings. The minimum atomic E-state index is -0.673. The van der Waals surface area contributed by atoms with Gasteiger partial charge in [-0.2, -0.15) is 0 Å². The fourth-order valence-corrected chi connectivity index (χ4v) is 4.64. The topological polar surface area (TPSA) is 69.0 Å². The van der Waals surface area contributed by atoms with Gasteiger partial charge in [-0.1, -0.05) is 48.7 Å². The molecule has 0 bridgehead atoms. The maximum Gasteiger partial charge on any atom is 0.341 e. The van der Waals surface area contributed by atoms with Crippen molar-refractivity contribution in [2.24, 2.45) is 0 Å². The first kappa shape index (κ1) is 26.4. The fraction of sp³-hybridized carbons (Fsp3) is 0.360. The van der Waals surface area contributed by atoms with Crippen molar-refractivity contribution in [1.29, 1.82) is 0 Å². The number of esters is 1. The van der Waals surface area contributed by atoms with Crippen LogP contribution in [0, 0.1) is 6.92 Å². The number of carbonyl (C=O) groups is 1. The molecular formula is C25H26Cl3NO5. The Kier molecular flexibility index (Phi) is 9.25. The highest BCUT2D eigenvalue weighted by Crippen LogP contribution is 2.29. The number of rotatable bonds is 10. The highest BCUT2D eigenvalue weighted by Gasteiger charge is 2.18. The highest BCUT2D eigenvalue weighted by atomic mass is 35.5. The molecule has 0 aliphatic heterocycles. The first-order chi connectivity index (χ1) is 16.2. The van der Waals surface area contributed by atoms with Gasteiger partial charge in [-0.15, -0.1) is 0 Å². The average Bonchev–Trinajstić information content (AvgIpc) is 2.78. The van der Waals surface area contributed by atoms with Gasteiger partial charge in [0.05, 0.1) is 15.6 Å². The lowest BCUT2D eigenvalue weighted by Gasteiger charge is -2.18. The molecule has 3 aromatic rings. The van der Waals surface area contributed by atoms with Gasteiger partial charge in [-0.05, 0) is 56.3 Å². The van der Waals surface area contributed by atoms with Crippen LogP contribution in [0.5, 0.6) is 5.75 Å². The van der Waals surface area contributed by atoms with E-state index in [1.54, 1.807) is 12.1 Å². The van der Waals surface area contributed by atoms with Crippen LogP contribution in [0.25, 0.3) is 11.0 Å². The molecule has 0 saturated heterocycles. The van der Waals surface area contributed by atoms with Crippen molar-refractivity contribution < 1.29 is 18.7 Å². The molecule has 0 aliphatic rings. The lowest BCUT2D eigenvalue weighted by molar-refractivity contribution is 0.0451. The molecule has 0 spiro atoms. The molecule has 0 radical (unpaired) electrons. The van der Waals surface area contributed by atoms with E-state index in [1.807, 2.05) is 13.0 Å². The normalized spacial score (nSPS) is 11.3. The Morgan fingerprint density at radius 3 is 2.35 bits per heavy atom. The molecule has 6 nitrogen and oxygen atoms in total. The molecule has 9 heteroatoms. The van der Waals surface area contributed by atoms with Gasteiger partial charge in [-0.25, -0.2) is 9.59 Å². The summed E-state index contributed by atoms with van der Waals surface area (Å²) < 4.78 is 16.4. The molecule has 34 heavy (non-hydrogen) atoms. The van der Waals surface area contributed by atoms with E-state index in [4.69, 9.17) is 48.7 Å². The van der Waals surface area contributed by atoms with E-state index in [0.29, 0.717) is 28.3 Å². The summed E-state index contributed by atoms with van der Waals surface area (Å²) in [5, 5.41) is 1.41. The quantitative estimate of drug-likeness (QED) is 0.178. The van der Waals surface area contributed by atoms with E-state index in [9.17, 15) is 9.59 Å². The van der Waals surface area contributed by atoms with Crippen LogP contribution in [0.4, 0.5) is 0 Å². The number of hydrogen-bond acceptors (Lipinski definition) is 6. The van der Waals surface area contributed by atoms with E-state index in [1.165, 1.54) is 12.1 Å². The van der Waals surface area contributed by atoms with Gasteiger partial charge in [0.25, 0.3) is 0 Å². The predicted octanol–water partition coefficient (Wildman–Crippen LogP) is 6.18. The van der Waals surface area contributed by atoms with E-state index in [-0.39, 0.29) is 34.4 Å². The zero-order chi connectivity index (χ0) is 24.8. The minimum absolute atomic E-state index is 0.0283. The Balaban J connectivity index is 1.63. The van der Waals surface area contributed by atoms with Crippen LogP contribution in [0.1, 0.15) is 35.3 Å². The molecule has 3 rings (SSSR count). The van der Waals surface area contributed by atoms with Crippen molar-refractivity contribution in [2.45, 2.75) is 27.2 Å². The summed E-state index contributed by atoms with van der Waals surface area (Å²) in [5.41, 5.74) is 1.77. The summed E-state index contributed by atoms with van der Waals surface area (Å²) in [6.45, 7) is 8.87. The Morgan fingerprint density at radius 1 is 1.03 bits per heavy atom. The second-order valence-electron chi connectivity index (χ2n) is 7.66. The second kappa shape index (κ2) is 11.9. The van der Waals surface area contributed by atoms with E-state index >= 15 is 0 Å². The smallest absolute Gasteiger partial charge is 0.341 e. The summed E-state index contributed by atoms with van der Waals surface area (Å²) in [6, 6.07) is 8.15. The van der Waals surface area contributed by atoms with Gasteiger partial charge in [0, 0.05) is 28.6 Å². The summed E-state index contributed by atoms with van der Waals surface area (Å²) in [4.78, 5) is 27.1. The third kappa shape index (κ3) is 6.25. The van der Waals surface area contributed by atoms with Crippen molar-refractivity contribution >= 4 is 51.7 Å². The van der Waals surface area contributed by atoms with Gasteiger partial charge in [-0.3, -0.25) is 0 Å². The molecule has 0 saturated carbocycles. The maximum absolute atomic E-state index is 12.6. The standard InChI is InChI=1S/C25H26Cl3NO5/c1-4-29(5-2)9-8-19-15(3)18-7-6-17(14-22(18)34-24(19)30)32-10-11-33-25(31)23-20(27)12-16(26)13-21(23)28/h6-7,12-14H,4-5,8-11H2,1-3H3. The SMILES string of the molecule is CCN(CC)CCc1c(C)c2ccc(OCCOC(=O)c3c(Cl)cc(Cl)cc3Cl)cc2oc1=O. The minimum Gasteiger partial charge on any atom is -0.490 e. The molecular weight excluding hydrogens is 501 g/mol. The number of aryl methyl sites for hydroxylation is 1. The Labute approximate surface area is 213 Å². The molecule has 0 unspecified atom stereocenters. The van der Waals surface area contributed by atoms with Crippen LogP contribution in [0.15, 0.2) is 39.5 Å². The first-order valence-corrected chi connectivity index (χ1v) is 12.1. The maximum atomic E-state index is 12.6. The van der Waals surface area contributed by atoms with Gasteiger partial charge >= 0.3 is 11.6 Å². The Bertz CT molecular complexity index is 1210. The Hall–Kier alpha value is -2.25. The molecule has 1 heterocycles. The lowest BCUT2D eigenvalue weighted by atomic mass is 10.0. The van der Waals surface area contributed by atoms with Crippen molar-refractivity contribution in [3.05, 3.63) is 72.5 Å². The number of ether oxygens (including phenoxy) is 2. The largest absolute Gasteiger partial charge is 0.490 e. The van der Waals surface area contributed by atoms with Crippen LogP contribution < -0.4 is 10.4 Å². The van der Waals surface area contributed by atoms with Gasteiger partial charge in [0.1, 0.15) is 24.5 Å². The number of benzene rings is 2.